The maximum absolute atomic E-state index is 14.6. The van der Waals surface area contributed by atoms with Gasteiger partial charge in [0.2, 0.25) is 18.2 Å². The van der Waals surface area contributed by atoms with E-state index < -0.39 is 24.6 Å². The third-order valence-corrected chi connectivity index (χ3v) is 13.4. The molecule has 3 fully saturated rings. The highest BCUT2D eigenvalue weighted by molar-refractivity contribution is 6.09. The van der Waals surface area contributed by atoms with Gasteiger partial charge in [0, 0.05) is 47.8 Å². The lowest BCUT2D eigenvalue weighted by Crippen LogP contribution is -2.51. The van der Waals surface area contributed by atoms with Crippen molar-refractivity contribution in [3.05, 3.63) is 108 Å². The van der Waals surface area contributed by atoms with Crippen LogP contribution in [-0.4, -0.2) is 101 Å². The smallest absolute Gasteiger partial charge is 0.407 e. The summed E-state index contributed by atoms with van der Waals surface area (Å²) in [6, 6.07) is 26.7. The first-order valence-corrected chi connectivity index (χ1v) is 22.9. The van der Waals surface area contributed by atoms with Crippen molar-refractivity contribution < 1.29 is 33.3 Å². The number of aromatic nitrogens is 4. The van der Waals surface area contributed by atoms with E-state index in [9.17, 15) is 14.4 Å². The van der Waals surface area contributed by atoms with Crippen molar-refractivity contribution in [1.82, 2.24) is 40.4 Å². The molecule has 3 saturated heterocycles. The number of likely N-dealkylation sites (tertiary alicyclic amines) is 2. The summed E-state index contributed by atoms with van der Waals surface area (Å²) in [6.07, 6.45) is 0.977. The van der Waals surface area contributed by atoms with Crippen molar-refractivity contribution in [2.75, 3.05) is 40.7 Å². The minimum atomic E-state index is -0.721. The molecule has 0 radical (unpaired) electrons. The van der Waals surface area contributed by atoms with Crippen molar-refractivity contribution in [3.63, 3.8) is 0 Å². The summed E-state index contributed by atoms with van der Waals surface area (Å²) in [5.41, 5.74) is 7.16. The molecule has 2 aromatic heterocycles. The Balaban J connectivity index is 0.955. The molecule has 5 atom stereocenters. The maximum atomic E-state index is 14.6. The summed E-state index contributed by atoms with van der Waals surface area (Å²) in [5, 5.41) is 9.96. The molecule has 3 amide bonds. The van der Waals surface area contributed by atoms with Crippen molar-refractivity contribution in [1.29, 1.82) is 0 Å². The minimum Gasteiger partial charge on any atom is -0.453 e. The number of imidazole rings is 2. The van der Waals surface area contributed by atoms with Crippen LogP contribution in [-0.2, 0) is 28.5 Å². The third-order valence-electron chi connectivity index (χ3n) is 13.4. The number of ether oxygens (including phenoxy) is 4. The van der Waals surface area contributed by atoms with Gasteiger partial charge in [-0.3, -0.25) is 14.9 Å². The molecule has 344 valence electrons. The van der Waals surface area contributed by atoms with E-state index in [1.54, 1.807) is 7.11 Å². The fourth-order valence-electron chi connectivity index (χ4n) is 10.1. The molecule has 3 aliphatic heterocycles. The van der Waals surface area contributed by atoms with Crippen molar-refractivity contribution in [2.24, 2.45) is 11.8 Å². The van der Waals surface area contributed by atoms with Gasteiger partial charge in [-0.15, -0.1) is 5.92 Å². The van der Waals surface area contributed by atoms with E-state index in [0.29, 0.717) is 31.9 Å². The molecule has 15 heteroatoms. The van der Waals surface area contributed by atoms with E-state index in [1.807, 2.05) is 67.0 Å². The maximum Gasteiger partial charge on any atom is 0.407 e. The number of fused-ring (bicyclic) bond motifs is 6. The number of H-pyrrole nitrogens is 2. The number of amides is 3. The predicted molar refractivity (Wildman–Crippen MR) is 254 cm³/mol. The third kappa shape index (κ3) is 8.35. The number of rotatable bonds is 12. The molecule has 7 aromatic rings. The van der Waals surface area contributed by atoms with E-state index in [-0.39, 0.29) is 42.5 Å². The molecule has 0 aliphatic carbocycles. The average molecular weight is 903 g/mol. The SMILES string of the molecule is CC#Cc1cc2[nH]c([C@@H]3CCCN3C(=O)[C@@H](NC(=O)OC)C(C)C)nc2c2ccc(-c3ccc4c(ccc5[nH]c([C@@H]6C[C@H](COC)CN6C(=O)[C@H](NC6OCO6)c6ccccc6)nc54)c3)cc12. The van der Waals surface area contributed by atoms with Gasteiger partial charge in [-0.1, -0.05) is 80.4 Å². The number of carbonyl (C=O) groups is 3. The second-order valence-electron chi connectivity index (χ2n) is 18.0. The van der Waals surface area contributed by atoms with Gasteiger partial charge in [-0.25, -0.2) is 14.8 Å². The van der Waals surface area contributed by atoms with Gasteiger partial charge in [0.1, 0.15) is 23.7 Å². The number of methoxy groups -OCH3 is 2. The first kappa shape index (κ1) is 44.0. The van der Waals surface area contributed by atoms with E-state index in [4.69, 9.17) is 28.9 Å². The van der Waals surface area contributed by atoms with Gasteiger partial charge in [0.25, 0.3) is 0 Å². The number of alkyl carbamates (subject to hydrolysis) is 1. The van der Waals surface area contributed by atoms with Gasteiger partial charge >= 0.3 is 6.09 Å². The van der Waals surface area contributed by atoms with Crippen LogP contribution in [0, 0.1) is 23.7 Å². The van der Waals surface area contributed by atoms with Crippen LogP contribution in [0.5, 0.6) is 0 Å². The summed E-state index contributed by atoms with van der Waals surface area (Å²) < 4.78 is 21.4. The average Bonchev–Trinajstić information content (AvgIpc) is 4.16. The van der Waals surface area contributed by atoms with Crippen LogP contribution in [0.4, 0.5) is 4.79 Å². The summed E-state index contributed by atoms with van der Waals surface area (Å²) >= 11 is 0. The highest BCUT2D eigenvalue weighted by Crippen LogP contribution is 2.40. The lowest BCUT2D eigenvalue weighted by atomic mass is 9.95. The first-order valence-electron chi connectivity index (χ1n) is 22.9. The fourth-order valence-corrected chi connectivity index (χ4v) is 10.1. The topological polar surface area (TPSA) is 176 Å². The Morgan fingerprint density at radius 1 is 0.836 bits per heavy atom. The van der Waals surface area contributed by atoms with Crippen molar-refractivity contribution >= 4 is 61.5 Å². The van der Waals surface area contributed by atoms with Crippen LogP contribution >= 0.6 is 0 Å². The molecule has 4 N–H and O–H groups in total. The lowest BCUT2D eigenvalue weighted by Gasteiger charge is -2.34. The highest BCUT2D eigenvalue weighted by atomic mass is 16.9. The van der Waals surface area contributed by atoms with E-state index in [2.05, 4.69) is 81.0 Å². The summed E-state index contributed by atoms with van der Waals surface area (Å²) in [7, 11) is 2.99. The number of nitrogens with zero attached hydrogens (tertiary/aromatic N) is 4. The zero-order chi connectivity index (χ0) is 46.3. The Kier molecular flexibility index (Phi) is 12.1. The predicted octanol–water partition coefficient (Wildman–Crippen LogP) is 7.98. The van der Waals surface area contributed by atoms with Crippen molar-refractivity contribution in [2.45, 2.75) is 70.6 Å². The Hall–Kier alpha value is -6.83. The van der Waals surface area contributed by atoms with Crippen LogP contribution in [0.15, 0.2) is 84.9 Å². The molecule has 67 heavy (non-hydrogen) atoms. The van der Waals surface area contributed by atoms with Gasteiger partial charge in [-0.2, -0.15) is 0 Å². The van der Waals surface area contributed by atoms with Crippen LogP contribution < -0.4 is 10.6 Å². The highest BCUT2D eigenvalue weighted by Gasteiger charge is 2.42. The van der Waals surface area contributed by atoms with Crippen LogP contribution in [0.25, 0.3) is 54.7 Å². The number of hydrogen-bond donors (Lipinski definition) is 4. The van der Waals surface area contributed by atoms with E-state index in [0.717, 1.165) is 84.5 Å². The number of hydrogen-bond acceptors (Lipinski definition) is 10. The van der Waals surface area contributed by atoms with Gasteiger partial charge < -0.3 is 44.0 Å². The molecule has 5 heterocycles. The molecular formula is C52H54N8O7. The number of aromatic amines is 2. The molecule has 15 nitrogen and oxygen atoms in total. The zero-order valence-electron chi connectivity index (χ0n) is 38.2. The monoisotopic (exact) mass is 902 g/mol. The quantitative estimate of drug-likeness (QED) is 0.0880. The minimum absolute atomic E-state index is 0.0839. The first-order chi connectivity index (χ1) is 32.6. The second kappa shape index (κ2) is 18.5. The molecule has 0 spiro atoms. The second-order valence-corrected chi connectivity index (χ2v) is 18.0. The zero-order valence-corrected chi connectivity index (χ0v) is 38.2. The Morgan fingerprint density at radius 2 is 1.57 bits per heavy atom. The van der Waals surface area contributed by atoms with Gasteiger partial charge in [0.15, 0.2) is 6.79 Å². The van der Waals surface area contributed by atoms with Crippen molar-refractivity contribution in [3.8, 4) is 23.0 Å². The number of carbonyl (C=O) groups excluding carboxylic acids is 3. The van der Waals surface area contributed by atoms with E-state index in [1.165, 1.54) is 7.11 Å². The van der Waals surface area contributed by atoms with E-state index >= 15 is 0 Å². The summed E-state index contributed by atoms with van der Waals surface area (Å²) in [5.74, 6) is 7.63. The largest absolute Gasteiger partial charge is 0.453 e. The molecule has 10 rings (SSSR count). The summed E-state index contributed by atoms with van der Waals surface area (Å²) in [6.45, 7) is 7.45. The van der Waals surface area contributed by atoms with Crippen LogP contribution in [0.1, 0.15) is 80.9 Å². The summed E-state index contributed by atoms with van der Waals surface area (Å²) in [4.78, 5) is 61.8. The van der Waals surface area contributed by atoms with Gasteiger partial charge in [0.05, 0.1) is 47.9 Å². The normalized spacial score (nSPS) is 19.5. The van der Waals surface area contributed by atoms with Crippen LogP contribution in [0.2, 0.25) is 0 Å². The lowest BCUT2D eigenvalue weighted by molar-refractivity contribution is -0.335. The molecule has 0 unspecified atom stereocenters. The molecule has 0 saturated carbocycles. The Labute approximate surface area is 387 Å². The van der Waals surface area contributed by atoms with Crippen LogP contribution in [0.3, 0.4) is 0 Å². The Morgan fingerprint density at radius 3 is 2.28 bits per heavy atom. The molecule has 5 aromatic carbocycles. The van der Waals surface area contributed by atoms with Gasteiger partial charge in [-0.05, 0) is 78.4 Å². The Bertz CT molecular complexity index is 3080. The standard InChI is InChI=1S/C52H54N8O7/c1-6-11-34-25-40-46(56-47(54-40)41-14-10-21-59(41)49(61)43(29(2)3)57-51(63)65-5)37-19-16-33(24-38(34)37)32-15-18-36-35(23-32)17-20-39-45(36)55-48(53-39)42-22-30(27-64-4)26-60(42)50(62)44(58-52-66-28-67-52)31-12-8-7-9-13-31/h7-9,12-13,15-20,23-25,29-30,41-44,52,58H,10,14,21-22,26-28H2,1-5H3,(H,53,55)(H,54,56)(H,57,63)/t30-,41-,42-,43-,44+/m0/s1. The fraction of sp³-hybridized carbons (Fsp3) is 0.365. The molecule has 3 aliphatic rings. The molecular weight excluding hydrogens is 849 g/mol. The molecule has 0 bridgehead atoms. The number of benzene rings is 5. The number of nitrogens with one attached hydrogen (secondary N) is 4.